The first kappa shape index (κ1) is 12.9. The van der Waals surface area contributed by atoms with Crippen LogP contribution in [-0.4, -0.2) is 17.8 Å². The number of alkyl halides is 1. The van der Waals surface area contributed by atoms with E-state index in [0.29, 0.717) is 5.33 Å². The summed E-state index contributed by atoms with van der Waals surface area (Å²) in [5, 5.41) is 3.16. The molecule has 1 N–H and O–H groups in total. The Hall–Kier alpha value is 0.240. The van der Waals surface area contributed by atoms with Crippen LogP contribution in [0.2, 0.25) is 0 Å². The van der Waals surface area contributed by atoms with Crippen LogP contribution in [0.3, 0.4) is 0 Å². The van der Waals surface area contributed by atoms with Crippen molar-refractivity contribution in [2.24, 2.45) is 0 Å². The Kier molecular flexibility index (Phi) is 11.9. The van der Waals surface area contributed by atoms with Crippen LogP contribution in [-0.2, 0) is 4.79 Å². The maximum atomic E-state index is 10.5. The molecule has 0 aromatic rings. The fraction of sp³-hybridized carbons (Fsp3) is 0.833. The van der Waals surface area contributed by atoms with Crippen LogP contribution in [0.5, 0.6) is 0 Å². The monoisotopic (exact) mass is 229 g/mol. The van der Waals surface area contributed by atoms with Crippen molar-refractivity contribution in [3.05, 3.63) is 0 Å². The molecule has 0 fully saturated rings. The summed E-state index contributed by atoms with van der Waals surface area (Å²) in [5.74, 6) is 0.0726. The molecule has 0 rings (SSSR count). The van der Waals surface area contributed by atoms with E-state index in [9.17, 15) is 4.79 Å². The van der Waals surface area contributed by atoms with E-state index >= 15 is 0 Å². The van der Waals surface area contributed by atoms with Gasteiger partial charge in [0.05, 0.1) is 5.33 Å². The van der Waals surface area contributed by atoms with Crippen molar-refractivity contribution in [1.29, 1.82) is 0 Å². The van der Waals surface area contributed by atoms with Crippen molar-refractivity contribution in [1.82, 2.24) is 5.32 Å². The minimum absolute atomic E-state index is 0. The molecule has 0 heterocycles. The van der Waals surface area contributed by atoms with E-state index < -0.39 is 0 Å². The second-order valence-corrected chi connectivity index (χ2v) is 2.40. The smallest absolute Gasteiger partial charge is 0.230 e. The zero-order valence-electron chi connectivity index (χ0n) is 6.02. The summed E-state index contributed by atoms with van der Waals surface area (Å²) in [7, 11) is 0. The summed E-state index contributed by atoms with van der Waals surface area (Å²) in [5.41, 5.74) is 0. The van der Waals surface area contributed by atoms with Gasteiger partial charge in [-0.2, -0.15) is 0 Å². The van der Waals surface area contributed by atoms with Gasteiger partial charge in [0.1, 0.15) is 0 Å². The third kappa shape index (κ3) is 8.24. The molecule has 0 radical (unpaired) electrons. The number of halogens is 2. The third-order valence-corrected chi connectivity index (χ3v) is 1.48. The molecule has 0 aromatic heterocycles. The topological polar surface area (TPSA) is 29.1 Å². The summed E-state index contributed by atoms with van der Waals surface area (Å²) < 4.78 is 0. The molecule has 0 unspecified atom stereocenters. The molecule has 0 bridgehead atoms. The predicted molar refractivity (Wildman–Crippen MR) is 49.0 cm³/mol. The van der Waals surface area contributed by atoms with Gasteiger partial charge in [-0.3, -0.25) is 4.79 Å². The third-order valence-electron chi connectivity index (χ3n) is 0.974. The van der Waals surface area contributed by atoms with Gasteiger partial charge in [0.15, 0.2) is 0 Å². The maximum absolute atomic E-state index is 10.5. The van der Waals surface area contributed by atoms with Crippen LogP contribution in [0.4, 0.5) is 0 Å². The lowest BCUT2D eigenvalue weighted by Gasteiger charge is -1.98. The van der Waals surface area contributed by atoms with Gasteiger partial charge in [-0.25, -0.2) is 0 Å². The largest absolute Gasteiger partial charge is 0.355 e. The van der Waals surface area contributed by atoms with Crippen LogP contribution in [0, 0.1) is 0 Å². The molecular formula is C6H13BrClNO. The van der Waals surface area contributed by atoms with Crippen molar-refractivity contribution in [2.45, 2.75) is 19.8 Å². The second kappa shape index (κ2) is 9.24. The van der Waals surface area contributed by atoms with Gasteiger partial charge < -0.3 is 5.32 Å². The predicted octanol–water partition coefficient (Wildman–Crippen LogP) is 1.72. The number of nitrogens with one attached hydrogen (secondary N) is 1. The van der Waals surface area contributed by atoms with E-state index in [1.165, 1.54) is 0 Å². The number of unbranched alkanes of at least 4 members (excludes halogenated alkanes) is 1. The normalized spacial score (nSPS) is 8.20. The summed E-state index contributed by atoms with van der Waals surface area (Å²) in [6.07, 6.45) is 2.20. The minimum Gasteiger partial charge on any atom is -0.355 e. The number of hydrogen-bond acceptors (Lipinski definition) is 1. The quantitative estimate of drug-likeness (QED) is 0.578. The van der Waals surface area contributed by atoms with E-state index in [4.69, 9.17) is 0 Å². The molecule has 10 heavy (non-hydrogen) atoms. The summed E-state index contributed by atoms with van der Waals surface area (Å²) in [6, 6.07) is 0. The van der Waals surface area contributed by atoms with Crippen molar-refractivity contribution in [2.75, 3.05) is 11.9 Å². The number of hydrogen-bond donors (Lipinski definition) is 1. The molecule has 0 aliphatic carbocycles. The Labute approximate surface area is 76.3 Å². The van der Waals surface area contributed by atoms with Crippen molar-refractivity contribution >= 4 is 34.2 Å². The van der Waals surface area contributed by atoms with Gasteiger partial charge >= 0.3 is 0 Å². The second-order valence-electron chi connectivity index (χ2n) is 1.84. The van der Waals surface area contributed by atoms with Crippen molar-refractivity contribution in [3.63, 3.8) is 0 Å². The first-order chi connectivity index (χ1) is 4.31. The summed E-state index contributed by atoms with van der Waals surface area (Å²) in [6.45, 7) is 2.90. The van der Waals surface area contributed by atoms with E-state index in [-0.39, 0.29) is 18.3 Å². The Morgan fingerprint density at radius 2 is 2.20 bits per heavy atom. The zero-order chi connectivity index (χ0) is 7.11. The number of rotatable bonds is 4. The van der Waals surface area contributed by atoms with Gasteiger partial charge in [0.25, 0.3) is 0 Å². The lowest BCUT2D eigenvalue weighted by Crippen LogP contribution is -2.24. The summed E-state index contributed by atoms with van der Waals surface area (Å²) in [4.78, 5) is 10.5. The van der Waals surface area contributed by atoms with E-state index in [1.807, 2.05) is 0 Å². The van der Waals surface area contributed by atoms with Gasteiger partial charge in [-0.15, -0.1) is 12.4 Å². The highest BCUT2D eigenvalue weighted by molar-refractivity contribution is 9.09. The van der Waals surface area contributed by atoms with Crippen LogP contribution < -0.4 is 5.32 Å². The van der Waals surface area contributed by atoms with Crippen molar-refractivity contribution < 1.29 is 4.79 Å². The number of carbonyl (C=O) groups is 1. The lowest BCUT2D eigenvalue weighted by molar-refractivity contribution is -0.118. The van der Waals surface area contributed by atoms with Gasteiger partial charge in [0, 0.05) is 6.54 Å². The maximum Gasteiger partial charge on any atom is 0.230 e. The van der Waals surface area contributed by atoms with Gasteiger partial charge in [-0.1, -0.05) is 29.3 Å². The van der Waals surface area contributed by atoms with Crippen LogP contribution >= 0.6 is 28.3 Å². The fourth-order valence-electron chi connectivity index (χ4n) is 0.452. The molecule has 0 atom stereocenters. The first-order valence-corrected chi connectivity index (χ1v) is 4.26. The SMILES string of the molecule is CCCCNC(=O)CBr.Cl. The standard InChI is InChI=1S/C6H12BrNO.ClH/c1-2-3-4-8-6(9)5-7;/h2-5H2,1H3,(H,8,9);1H. The average Bonchev–Trinajstić information content (AvgIpc) is 1.89. The Bertz CT molecular complexity index is 89.8. The molecule has 0 saturated carbocycles. The molecule has 1 amide bonds. The molecule has 0 aliphatic rings. The molecular weight excluding hydrogens is 217 g/mol. The highest BCUT2D eigenvalue weighted by Gasteiger charge is 1.93. The molecule has 0 saturated heterocycles. The average molecular weight is 231 g/mol. The Morgan fingerprint density at radius 1 is 1.60 bits per heavy atom. The molecule has 0 spiro atoms. The van der Waals surface area contributed by atoms with Crippen LogP contribution in [0.1, 0.15) is 19.8 Å². The highest BCUT2D eigenvalue weighted by atomic mass is 79.9. The zero-order valence-corrected chi connectivity index (χ0v) is 8.43. The van der Waals surface area contributed by atoms with E-state index in [0.717, 1.165) is 19.4 Å². The van der Waals surface area contributed by atoms with Crippen LogP contribution in [0.25, 0.3) is 0 Å². The van der Waals surface area contributed by atoms with Crippen LogP contribution in [0.15, 0.2) is 0 Å². The molecule has 0 aromatic carbocycles. The van der Waals surface area contributed by atoms with Crippen molar-refractivity contribution in [3.8, 4) is 0 Å². The van der Waals surface area contributed by atoms with Gasteiger partial charge in [0.2, 0.25) is 5.91 Å². The number of carbonyl (C=O) groups excluding carboxylic acids is 1. The Morgan fingerprint density at radius 3 is 2.60 bits per heavy atom. The summed E-state index contributed by atoms with van der Waals surface area (Å²) >= 11 is 3.05. The number of amides is 1. The molecule has 2 nitrogen and oxygen atoms in total. The lowest BCUT2D eigenvalue weighted by atomic mass is 10.3. The van der Waals surface area contributed by atoms with E-state index in [2.05, 4.69) is 28.2 Å². The Balaban J connectivity index is 0. The molecule has 62 valence electrons. The first-order valence-electron chi connectivity index (χ1n) is 3.14. The molecule has 4 heteroatoms. The minimum atomic E-state index is 0. The van der Waals surface area contributed by atoms with Gasteiger partial charge in [-0.05, 0) is 6.42 Å². The highest BCUT2D eigenvalue weighted by Crippen LogP contribution is 1.83. The van der Waals surface area contributed by atoms with E-state index in [1.54, 1.807) is 0 Å². The molecule has 0 aliphatic heterocycles. The fourth-order valence-corrected chi connectivity index (χ4v) is 0.650.